The Hall–Kier alpha value is -1.36. The molecular formula is C16H18ClNO2S. The maximum Gasteiger partial charge on any atom is 0.123 e. The molecule has 2 rings (SSSR count). The standard InChI is InChI=1S/C16H18ClNO2S/c1-20-16-8-13(2-5-14(16)9-18)11-21(19)10-12-3-6-15(17)7-4-12/h2-8H,9-11,18H2,1H3. The molecule has 2 aromatic carbocycles. The summed E-state index contributed by atoms with van der Waals surface area (Å²) in [5.74, 6) is 1.75. The van der Waals surface area contributed by atoms with E-state index in [9.17, 15) is 4.21 Å². The number of hydrogen-bond donors (Lipinski definition) is 1. The van der Waals surface area contributed by atoms with Gasteiger partial charge in [-0.25, -0.2) is 0 Å². The highest BCUT2D eigenvalue weighted by atomic mass is 35.5. The van der Waals surface area contributed by atoms with Crippen LogP contribution >= 0.6 is 11.6 Å². The molecule has 2 N–H and O–H groups in total. The smallest absolute Gasteiger partial charge is 0.123 e. The first kappa shape index (κ1) is 16.0. The van der Waals surface area contributed by atoms with Crippen LogP contribution in [0, 0.1) is 0 Å². The molecule has 0 amide bonds. The van der Waals surface area contributed by atoms with Gasteiger partial charge in [0.05, 0.1) is 7.11 Å². The van der Waals surface area contributed by atoms with Crippen molar-refractivity contribution in [1.82, 2.24) is 0 Å². The summed E-state index contributed by atoms with van der Waals surface area (Å²) in [5, 5.41) is 0.687. The third-order valence-electron chi connectivity index (χ3n) is 3.14. The van der Waals surface area contributed by atoms with Crippen LogP contribution in [0.15, 0.2) is 42.5 Å². The molecule has 3 nitrogen and oxygen atoms in total. The largest absolute Gasteiger partial charge is 0.496 e. The van der Waals surface area contributed by atoms with Crippen molar-refractivity contribution in [2.45, 2.75) is 18.1 Å². The van der Waals surface area contributed by atoms with E-state index in [0.29, 0.717) is 23.1 Å². The van der Waals surface area contributed by atoms with Crippen LogP contribution in [0.4, 0.5) is 0 Å². The fraction of sp³-hybridized carbons (Fsp3) is 0.250. The molecule has 112 valence electrons. The highest BCUT2D eigenvalue weighted by Gasteiger charge is 2.07. The van der Waals surface area contributed by atoms with Crippen LogP contribution in [-0.2, 0) is 28.9 Å². The van der Waals surface area contributed by atoms with Gasteiger partial charge in [0.15, 0.2) is 0 Å². The number of halogens is 1. The van der Waals surface area contributed by atoms with Crippen molar-refractivity contribution in [2.75, 3.05) is 7.11 Å². The molecule has 1 atom stereocenters. The Bertz CT molecular complexity index is 629. The van der Waals surface area contributed by atoms with Gasteiger partial charge in [0.2, 0.25) is 0 Å². The molecule has 0 saturated carbocycles. The average Bonchev–Trinajstić information content (AvgIpc) is 2.49. The summed E-state index contributed by atoms with van der Waals surface area (Å²) in [6, 6.07) is 13.2. The van der Waals surface area contributed by atoms with E-state index < -0.39 is 10.8 Å². The predicted octanol–water partition coefficient (Wildman–Crippen LogP) is 3.26. The topological polar surface area (TPSA) is 52.3 Å². The van der Waals surface area contributed by atoms with Gasteiger partial charge in [-0.05, 0) is 29.3 Å². The van der Waals surface area contributed by atoms with Crippen LogP contribution in [0.3, 0.4) is 0 Å². The predicted molar refractivity (Wildman–Crippen MR) is 87.9 cm³/mol. The van der Waals surface area contributed by atoms with Crippen LogP contribution in [0.2, 0.25) is 5.02 Å². The van der Waals surface area contributed by atoms with Crippen molar-refractivity contribution in [3.05, 3.63) is 64.2 Å². The zero-order valence-electron chi connectivity index (χ0n) is 11.8. The van der Waals surface area contributed by atoms with Gasteiger partial charge < -0.3 is 10.5 Å². The summed E-state index contributed by atoms with van der Waals surface area (Å²) in [7, 11) is 0.637. The van der Waals surface area contributed by atoms with E-state index in [1.165, 1.54) is 0 Å². The SMILES string of the molecule is COc1cc(CS(=O)Cc2ccc(Cl)cc2)ccc1CN. The van der Waals surface area contributed by atoms with Gasteiger partial charge >= 0.3 is 0 Å². The molecule has 21 heavy (non-hydrogen) atoms. The Labute approximate surface area is 132 Å². The normalized spacial score (nSPS) is 12.1. The monoisotopic (exact) mass is 323 g/mol. The molecule has 0 aliphatic heterocycles. The van der Waals surface area contributed by atoms with Crippen molar-refractivity contribution < 1.29 is 8.95 Å². The molecule has 0 aliphatic carbocycles. The molecule has 2 aromatic rings. The van der Waals surface area contributed by atoms with Crippen molar-refractivity contribution in [1.29, 1.82) is 0 Å². The molecular weight excluding hydrogens is 306 g/mol. The first-order valence-corrected chi connectivity index (χ1v) is 8.44. The first-order valence-electron chi connectivity index (χ1n) is 6.57. The minimum atomic E-state index is -0.977. The lowest BCUT2D eigenvalue weighted by Gasteiger charge is -2.09. The van der Waals surface area contributed by atoms with Crippen LogP contribution in [0.5, 0.6) is 5.75 Å². The van der Waals surface area contributed by atoms with Gasteiger partial charge in [0.25, 0.3) is 0 Å². The van der Waals surface area contributed by atoms with Gasteiger partial charge in [-0.15, -0.1) is 0 Å². The summed E-state index contributed by atoms with van der Waals surface area (Å²) in [6.07, 6.45) is 0. The zero-order chi connectivity index (χ0) is 15.2. The van der Waals surface area contributed by atoms with E-state index in [0.717, 1.165) is 22.4 Å². The van der Waals surface area contributed by atoms with E-state index in [-0.39, 0.29) is 0 Å². The van der Waals surface area contributed by atoms with Crippen molar-refractivity contribution >= 4 is 22.4 Å². The summed E-state index contributed by atoms with van der Waals surface area (Å²) >= 11 is 5.84. The first-order chi connectivity index (χ1) is 10.1. The minimum Gasteiger partial charge on any atom is -0.496 e. The number of rotatable bonds is 6. The maximum atomic E-state index is 12.2. The third kappa shape index (κ3) is 4.56. The van der Waals surface area contributed by atoms with Gasteiger partial charge in [0.1, 0.15) is 5.75 Å². The number of ether oxygens (including phenoxy) is 1. The molecule has 0 radical (unpaired) electrons. The van der Waals surface area contributed by atoms with Crippen LogP contribution in [0.1, 0.15) is 16.7 Å². The Kier molecular flexibility index (Phi) is 5.79. The Morgan fingerprint density at radius 2 is 1.71 bits per heavy atom. The molecule has 0 aliphatic rings. The van der Waals surface area contributed by atoms with Gasteiger partial charge in [-0.2, -0.15) is 0 Å². The van der Waals surface area contributed by atoms with E-state index >= 15 is 0 Å². The van der Waals surface area contributed by atoms with Crippen molar-refractivity contribution in [2.24, 2.45) is 5.73 Å². The second kappa shape index (κ2) is 7.59. The lowest BCUT2D eigenvalue weighted by atomic mass is 10.1. The van der Waals surface area contributed by atoms with E-state index in [1.54, 1.807) is 7.11 Å². The highest BCUT2D eigenvalue weighted by molar-refractivity contribution is 7.83. The zero-order valence-corrected chi connectivity index (χ0v) is 13.4. The lowest BCUT2D eigenvalue weighted by molar-refractivity contribution is 0.409. The summed E-state index contributed by atoms with van der Waals surface area (Å²) < 4.78 is 17.5. The molecule has 5 heteroatoms. The Morgan fingerprint density at radius 3 is 2.33 bits per heavy atom. The molecule has 0 heterocycles. The van der Waals surface area contributed by atoms with Crippen LogP contribution in [0.25, 0.3) is 0 Å². The molecule has 0 bridgehead atoms. The lowest BCUT2D eigenvalue weighted by Crippen LogP contribution is -2.03. The number of hydrogen-bond acceptors (Lipinski definition) is 3. The summed E-state index contributed by atoms with van der Waals surface area (Å²) in [5.41, 5.74) is 8.59. The molecule has 0 fully saturated rings. The second-order valence-electron chi connectivity index (χ2n) is 4.71. The van der Waals surface area contributed by atoms with Crippen molar-refractivity contribution in [3.63, 3.8) is 0 Å². The van der Waals surface area contributed by atoms with E-state index in [4.69, 9.17) is 22.1 Å². The number of nitrogens with two attached hydrogens (primary N) is 1. The fourth-order valence-corrected chi connectivity index (χ4v) is 3.39. The minimum absolute atomic E-state index is 0.428. The quantitative estimate of drug-likeness (QED) is 0.887. The maximum absolute atomic E-state index is 12.2. The molecule has 1 unspecified atom stereocenters. The summed E-state index contributed by atoms with van der Waals surface area (Å²) in [4.78, 5) is 0. The molecule has 0 spiro atoms. The van der Waals surface area contributed by atoms with E-state index in [1.807, 2.05) is 42.5 Å². The van der Waals surface area contributed by atoms with Crippen LogP contribution < -0.4 is 10.5 Å². The number of methoxy groups -OCH3 is 1. The Morgan fingerprint density at radius 1 is 1.10 bits per heavy atom. The molecule has 0 aromatic heterocycles. The molecule has 0 saturated heterocycles. The van der Waals surface area contributed by atoms with E-state index in [2.05, 4.69) is 0 Å². The average molecular weight is 324 g/mol. The van der Waals surface area contributed by atoms with Gasteiger partial charge in [-0.3, -0.25) is 4.21 Å². The Balaban J connectivity index is 2.04. The number of benzene rings is 2. The fourth-order valence-electron chi connectivity index (χ4n) is 2.05. The second-order valence-corrected chi connectivity index (χ2v) is 6.60. The van der Waals surface area contributed by atoms with Crippen LogP contribution in [-0.4, -0.2) is 11.3 Å². The van der Waals surface area contributed by atoms with Gasteiger partial charge in [0, 0.05) is 39.4 Å². The van der Waals surface area contributed by atoms with Crippen molar-refractivity contribution in [3.8, 4) is 5.75 Å². The highest BCUT2D eigenvalue weighted by Crippen LogP contribution is 2.21. The third-order valence-corrected chi connectivity index (χ3v) is 4.70. The van der Waals surface area contributed by atoms with Gasteiger partial charge in [-0.1, -0.05) is 35.9 Å². The summed E-state index contributed by atoms with van der Waals surface area (Å²) in [6.45, 7) is 0.428.